The van der Waals surface area contributed by atoms with E-state index in [9.17, 15) is 0 Å². The first kappa shape index (κ1) is 17.5. The summed E-state index contributed by atoms with van der Waals surface area (Å²) in [5.41, 5.74) is 0. The Hall–Kier alpha value is -0.850. The third-order valence-corrected chi connectivity index (χ3v) is 3.96. The number of ether oxygens (including phenoxy) is 3. The van der Waals surface area contributed by atoms with E-state index >= 15 is 0 Å². The molecule has 2 fully saturated rings. The summed E-state index contributed by atoms with van der Waals surface area (Å²) in [5.74, 6) is 0.879. The molecule has 0 aromatic rings. The Morgan fingerprint density at radius 3 is 2.77 bits per heavy atom. The van der Waals surface area contributed by atoms with E-state index < -0.39 is 0 Å². The van der Waals surface area contributed by atoms with Gasteiger partial charge in [0.1, 0.15) is 0 Å². The highest BCUT2D eigenvalue weighted by Crippen LogP contribution is 2.12. The van der Waals surface area contributed by atoms with E-state index in [0.717, 1.165) is 84.1 Å². The molecule has 2 aliphatic rings. The lowest BCUT2D eigenvalue weighted by Crippen LogP contribution is -2.38. The van der Waals surface area contributed by atoms with Crippen LogP contribution in [0.3, 0.4) is 0 Å². The summed E-state index contributed by atoms with van der Waals surface area (Å²) in [6.45, 7) is 7.92. The average Bonchev–Trinajstić information content (AvgIpc) is 3.06. The molecule has 128 valence electrons. The predicted octanol–water partition coefficient (Wildman–Crippen LogP) is 1.31. The second-order valence-corrected chi connectivity index (χ2v) is 5.82. The van der Waals surface area contributed by atoms with E-state index in [1.54, 1.807) is 0 Å². The van der Waals surface area contributed by atoms with Gasteiger partial charge in [0.15, 0.2) is 5.96 Å². The van der Waals surface area contributed by atoms with Crippen LogP contribution in [0.5, 0.6) is 0 Å². The zero-order chi connectivity index (χ0) is 15.5. The van der Waals surface area contributed by atoms with Crippen molar-refractivity contribution in [2.24, 2.45) is 4.99 Å². The van der Waals surface area contributed by atoms with Crippen molar-refractivity contribution < 1.29 is 14.2 Å². The number of hydrogen-bond acceptors (Lipinski definition) is 4. The fraction of sp³-hybridized carbons (Fsp3) is 0.938. The lowest BCUT2D eigenvalue weighted by Gasteiger charge is -2.22. The first-order valence-corrected chi connectivity index (χ1v) is 8.71. The lowest BCUT2D eigenvalue weighted by atomic mass is 10.1. The zero-order valence-electron chi connectivity index (χ0n) is 13.8. The molecule has 0 spiro atoms. The molecule has 0 aromatic heterocycles. The maximum atomic E-state index is 5.87. The van der Waals surface area contributed by atoms with Gasteiger partial charge in [-0.3, -0.25) is 4.99 Å². The van der Waals surface area contributed by atoms with Crippen LogP contribution in [-0.2, 0) is 14.2 Å². The number of nitrogens with one attached hydrogen (secondary N) is 2. The average molecular weight is 313 g/mol. The van der Waals surface area contributed by atoms with Crippen molar-refractivity contribution in [1.82, 2.24) is 10.6 Å². The van der Waals surface area contributed by atoms with Gasteiger partial charge in [-0.25, -0.2) is 0 Å². The molecule has 0 saturated carbocycles. The maximum Gasteiger partial charge on any atom is 0.191 e. The van der Waals surface area contributed by atoms with E-state index in [-0.39, 0.29) is 0 Å². The van der Waals surface area contributed by atoms with Crippen LogP contribution in [0.1, 0.15) is 39.0 Å². The molecule has 6 heteroatoms. The topological polar surface area (TPSA) is 64.1 Å². The summed E-state index contributed by atoms with van der Waals surface area (Å²) < 4.78 is 16.8. The monoisotopic (exact) mass is 313 g/mol. The van der Waals surface area contributed by atoms with Gasteiger partial charge in [-0.15, -0.1) is 0 Å². The number of nitrogens with zero attached hydrogens (tertiary/aromatic N) is 1. The van der Waals surface area contributed by atoms with Crippen molar-refractivity contribution in [3.8, 4) is 0 Å². The van der Waals surface area contributed by atoms with E-state index in [2.05, 4.69) is 22.5 Å². The normalized spacial score (nSPS) is 23.7. The Morgan fingerprint density at radius 1 is 1.18 bits per heavy atom. The number of aliphatic imine (C=N–C) groups is 1. The number of guanidine groups is 1. The first-order chi connectivity index (χ1) is 10.9. The molecule has 22 heavy (non-hydrogen) atoms. The molecule has 2 saturated heterocycles. The molecular weight excluding hydrogens is 282 g/mol. The molecule has 0 bridgehead atoms. The summed E-state index contributed by atoms with van der Waals surface area (Å²) >= 11 is 0. The highest BCUT2D eigenvalue weighted by atomic mass is 16.5. The van der Waals surface area contributed by atoms with Crippen molar-refractivity contribution in [2.75, 3.05) is 46.1 Å². The van der Waals surface area contributed by atoms with Gasteiger partial charge >= 0.3 is 0 Å². The fourth-order valence-corrected chi connectivity index (χ4v) is 2.69. The Labute approximate surface area is 134 Å². The van der Waals surface area contributed by atoms with Crippen LogP contribution in [0.2, 0.25) is 0 Å². The van der Waals surface area contributed by atoms with Gasteiger partial charge in [0.05, 0.1) is 18.8 Å². The second-order valence-electron chi connectivity index (χ2n) is 5.82. The lowest BCUT2D eigenvalue weighted by molar-refractivity contribution is -0.0320. The Balaban J connectivity index is 1.55. The molecular formula is C16H31N3O3. The van der Waals surface area contributed by atoms with Gasteiger partial charge < -0.3 is 24.8 Å². The van der Waals surface area contributed by atoms with Crippen LogP contribution in [0.25, 0.3) is 0 Å². The minimum atomic E-state index is 0.298. The van der Waals surface area contributed by atoms with E-state index in [0.29, 0.717) is 12.2 Å². The van der Waals surface area contributed by atoms with Gasteiger partial charge in [0, 0.05) is 39.5 Å². The Morgan fingerprint density at radius 2 is 2.05 bits per heavy atom. The van der Waals surface area contributed by atoms with E-state index in [1.165, 1.54) is 0 Å². The Bertz CT molecular complexity index is 314. The summed E-state index contributed by atoms with van der Waals surface area (Å²) in [6.07, 6.45) is 6.01. The van der Waals surface area contributed by atoms with Crippen molar-refractivity contribution >= 4 is 5.96 Å². The minimum Gasteiger partial charge on any atom is -0.381 e. The van der Waals surface area contributed by atoms with Crippen LogP contribution >= 0.6 is 0 Å². The van der Waals surface area contributed by atoms with Crippen LogP contribution in [0, 0.1) is 0 Å². The SMILES string of the molecule is CCNC(=NCC1CCCO1)NCCCOC1CCOCC1. The van der Waals surface area contributed by atoms with Gasteiger partial charge in [0.2, 0.25) is 0 Å². The largest absolute Gasteiger partial charge is 0.381 e. The standard InChI is InChI=1S/C16H31N3O3/c1-2-17-16(19-13-15-5-3-9-22-15)18-8-4-10-21-14-6-11-20-12-7-14/h14-15H,2-13H2,1H3,(H2,17,18,19). The zero-order valence-corrected chi connectivity index (χ0v) is 13.8. The summed E-state index contributed by atoms with van der Waals surface area (Å²) in [6, 6.07) is 0. The molecule has 1 atom stereocenters. The quantitative estimate of drug-likeness (QED) is 0.402. The van der Waals surface area contributed by atoms with Crippen molar-refractivity contribution in [3.63, 3.8) is 0 Å². The third kappa shape index (κ3) is 6.94. The highest BCUT2D eigenvalue weighted by molar-refractivity contribution is 5.79. The molecule has 0 radical (unpaired) electrons. The second kappa shape index (κ2) is 10.8. The predicted molar refractivity (Wildman–Crippen MR) is 87.4 cm³/mol. The van der Waals surface area contributed by atoms with Crippen molar-refractivity contribution in [2.45, 2.75) is 51.2 Å². The molecule has 0 amide bonds. The van der Waals surface area contributed by atoms with Gasteiger partial charge in [0.25, 0.3) is 0 Å². The molecule has 1 unspecified atom stereocenters. The fourth-order valence-electron chi connectivity index (χ4n) is 2.69. The van der Waals surface area contributed by atoms with Crippen LogP contribution < -0.4 is 10.6 Å². The molecule has 2 aliphatic heterocycles. The van der Waals surface area contributed by atoms with Crippen LogP contribution in [-0.4, -0.2) is 64.2 Å². The Kier molecular flexibility index (Phi) is 8.60. The summed E-state index contributed by atoms with van der Waals surface area (Å²) in [7, 11) is 0. The van der Waals surface area contributed by atoms with Crippen LogP contribution in [0.4, 0.5) is 0 Å². The van der Waals surface area contributed by atoms with Crippen molar-refractivity contribution in [3.05, 3.63) is 0 Å². The summed E-state index contributed by atoms with van der Waals surface area (Å²) in [5, 5.41) is 6.63. The van der Waals surface area contributed by atoms with Crippen molar-refractivity contribution in [1.29, 1.82) is 0 Å². The summed E-state index contributed by atoms with van der Waals surface area (Å²) in [4.78, 5) is 4.60. The molecule has 0 aliphatic carbocycles. The highest BCUT2D eigenvalue weighted by Gasteiger charge is 2.15. The molecule has 2 rings (SSSR count). The van der Waals surface area contributed by atoms with Crippen LogP contribution in [0.15, 0.2) is 4.99 Å². The maximum absolute atomic E-state index is 5.87. The number of rotatable bonds is 8. The number of hydrogen-bond donors (Lipinski definition) is 2. The van der Waals surface area contributed by atoms with Gasteiger partial charge in [-0.05, 0) is 39.0 Å². The molecule has 0 aromatic carbocycles. The minimum absolute atomic E-state index is 0.298. The van der Waals surface area contributed by atoms with E-state index in [1.807, 2.05) is 0 Å². The van der Waals surface area contributed by atoms with Gasteiger partial charge in [-0.1, -0.05) is 0 Å². The first-order valence-electron chi connectivity index (χ1n) is 8.71. The molecule has 2 N–H and O–H groups in total. The molecule has 2 heterocycles. The third-order valence-electron chi connectivity index (χ3n) is 3.96. The molecule has 6 nitrogen and oxygen atoms in total. The van der Waals surface area contributed by atoms with E-state index in [4.69, 9.17) is 14.2 Å². The van der Waals surface area contributed by atoms with Gasteiger partial charge in [-0.2, -0.15) is 0 Å². The smallest absolute Gasteiger partial charge is 0.191 e.